The van der Waals surface area contributed by atoms with E-state index in [2.05, 4.69) is 5.32 Å². The second kappa shape index (κ2) is 6.21. The second-order valence-corrected chi connectivity index (χ2v) is 6.08. The lowest BCUT2D eigenvalue weighted by Crippen LogP contribution is -2.54. The van der Waals surface area contributed by atoms with E-state index >= 15 is 0 Å². The van der Waals surface area contributed by atoms with Crippen LogP contribution in [0.15, 0.2) is 11.4 Å². The maximum Gasteiger partial charge on any atom is 0.329 e. The van der Waals surface area contributed by atoms with Crippen LogP contribution in [-0.4, -0.2) is 27.4 Å². The molecule has 0 radical (unpaired) electrons. The van der Waals surface area contributed by atoms with Crippen LogP contribution in [0.3, 0.4) is 0 Å². The highest BCUT2D eigenvalue weighted by molar-refractivity contribution is 7.13. The minimum absolute atomic E-state index is 0.134. The molecule has 0 atom stereocenters. The molecule has 1 aliphatic rings. The number of hydrogen-bond donors (Lipinski definition) is 2. The molecule has 1 aromatic rings. The first-order chi connectivity index (χ1) is 9.94. The molecule has 114 valence electrons. The van der Waals surface area contributed by atoms with E-state index in [0.717, 1.165) is 37.0 Å². The van der Waals surface area contributed by atoms with Crippen molar-refractivity contribution in [2.75, 3.05) is 0 Å². The van der Waals surface area contributed by atoms with Gasteiger partial charge in [-0.2, -0.15) is 0 Å². The second-order valence-electron chi connectivity index (χ2n) is 5.19. The molecule has 1 amide bonds. The lowest BCUT2D eigenvalue weighted by atomic mass is 9.90. The van der Waals surface area contributed by atoms with Crippen LogP contribution < -0.4 is 5.32 Å². The lowest BCUT2D eigenvalue weighted by molar-refractivity contribution is -0.380. The van der Waals surface area contributed by atoms with E-state index in [4.69, 9.17) is 0 Å². The minimum Gasteiger partial charge on any atom is -0.480 e. The number of carboxylic acids is 1. The summed E-state index contributed by atoms with van der Waals surface area (Å²) in [6.07, 6.45) is 4.18. The Kier molecular flexibility index (Phi) is 4.56. The Morgan fingerprint density at radius 3 is 2.38 bits per heavy atom. The lowest BCUT2D eigenvalue weighted by Gasteiger charge is -2.29. The number of aliphatic carboxylic acids is 1. The Hall–Kier alpha value is -1.96. The number of nitro groups is 1. The fourth-order valence-electron chi connectivity index (χ4n) is 2.55. The van der Waals surface area contributed by atoms with Gasteiger partial charge < -0.3 is 10.4 Å². The maximum atomic E-state index is 12.2. The largest absolute Gasteiger partial charge is 0.480 e. The highest BCUT2D eigenvalue weighted by atomic mass is 32.1. The van der Waals surface area contributed by atoms with Gasteiger partial charge in [0.25, 0.3) is 5.91 Å². The Morgan fingerprint density at radius 2 is 1.90 bits per heavy atom. The van der Waals surface area contributed by atoms with Crippen molar-refractivity contribution in [2.24, 2.45) is 0 Å². The number of carbonyl (C=O) groups excluding carboxylic acids is 1. The van der Waals surface area contributed by atoms with Crippen molar-refractivity contribution < 1.29 is 19.6 Å². The fourth-order valence-corrected chi connectivity index (χ4v) is 3.26. The first-order valence-corrected chi connectivity index (χ1v) is 7.61. The van der Waals surface area contributed by atoms with Gasteiger partial charge in [0.1, 0.15) is 5.54 Å². The van der Waals surface area contributed by atoms with E-state index < -0.39 is 22.3 Å². The summed E-state index contributed by atoms with van der Waals surface area (Å²) in [6.45, 7) is 0. The summed E-state index contributed by atoms with van der Waals surface area (Å²) < 4.78 is 0. The molecule has 1 aromatic heterocycles. The Bertz CT molecular complexity index is 561. The monoisotopic (exact) mass is 312 g/mol. The number of nitrogens with one attached hydrogen (secondary N) is 1. The van der Waals surface area contributed by atoms with E-state index in [1.165, 1.54) is 11.4 Å². The number of nitrogens with zero attached hydrogens (tertiary/aromatic N) is 1. The molecule has 1 fully saturated rings. The Labute approximate surface area is 125 Å². The van der Waals surface area contributed by atoms with E-state index in [1.807, 2.05) is 0 Å². The molecule has 0 bridgehead atoms. The average Bonchev–Trinajstić information content (AvgIpc) is 2.81. The molecule has 8 heteroatoms. The first-order valence-electron chi connectivity index (χ1n) is 6.73. The van der Waals surface area contributed by atoms with E-state index in [9.17, 15) is 24.8 Å². The van der Waals surface area contributed by atoms with Crippen molar-refractivity contribution in [2.45, 2.75) is 44.1 Å². The molecule has 2 N–H and O–H groups in total. The highest BCUT2D eigenvalue weighted by Gasteiger charge is 2.40. The quantitative estimate of drug-likeness (QED) is 0.504. The number of rotatable bonds is 4. The van der Waals surface area contributed by atoms with Gasteiger partial charge in [-0.25, -0.2) is 4.79 Å². The summed E-state index contributed by atoms with van der Waals surface area (Å²) in [5.74, 6) is -1.61. The number of carboxylic acid groups (broad SMARTS) is 1. The molecule has 7 nitrogen and oxygen atoms in total. The van der Waals surface area contributed by atoms with Gasteiger partial charge in [0, 0.05) is 11.4 Å². The van der Waals surface area contributed by atoms with Crippen molar-refractivity contribution >= 4 is 28.2 Å². The Morgan fingerprint density at radius 1 is 1.29 bits per heavy atom. The van der Waals surface area contributed by atoms with Crippen molar-refractivity contribution in [3.05, 3.63) is 27.1 Å². The summed E-state index contributed by atoms with van der Waals surface area (Å²) in [4.78, 5) is 33.8. The number of carbonyl (C=O) groups is 2. The third kappa shape index (κ3) is 3.38. The van der Waals surface area contributed by atoms with Crippen molar-refractivity contribution in [1.29, 1.82) is 0 Å². The molecule has 2 rings (SSSR count). The van der Waals surface area contributed by atoms with E-state index in [-0.39, 0.29) is 10.6 Å². The minimum atomic E-state index is -1.26. The molecule has 1 heterocycles. The van der Waals surface area contributed by atoms with Crippen LogP contribution >= 0.6 is 11.3 Å². The third-order valence-electron chi connectivity index (χ3n) is 3.75. The predicted octanol–water partition coefficient (Wildman–Crippen LogP) is 2.56. The van der Waals surface area contributed by atoms with Crippen LogP contribution in [-0.2, 0) is 4.79 Å². The van der Waals surface area contributed by atoms with Crippen LogP contribution in [0.2, 0.25) is 0 Å². The SMILES string of the molecule is O=C(NC1(C(=O)O)CCCCCC1)c1csc([N+](=O)[O-])c1. The zero-order valence-corrected chi connectivity index (χ0v) is 12.1. The van der Waals surface area contributed by atoms with Gasteiger partial charge in [-0.3, -0.25) is 14.9 Å². The molecule has 21 heavy (non-hydrogen) atoms. The van der Waals surface area contributed by atoms with E-state index in [0.29, 0.717) is 12.8 Å². The number of thiophene rings is 1. The van der Waals surface area contributed by atoms with E-state index in [1.54, 1.807) is 0 Å². The summed E-state index contributed by atoms with van der Waals surface area (Å²) in [5, 5.41) is 23.9. The average molecular weight is 312 g/mol. The summed E-state index contributed by atoms with van der Waals surface area (Å²) in [7, 11) is 0. The van der Waals surface area contributed by atoms with Crippen molar-refractivity contribution in [3.8, 4) is 0 Å². The van der Waals surface area contributed by atoms with Crippen LogP contribution in [0.4, 0.5) is 5.00 Å². The van der Waals surface area contributed by atoms with Crippen molar-refractivity contribution in [1.82, 2.24) is 5.32 Å². The number of amides is 1. The Balaban J connectivity index is 2.17. The van der Waals surface area contributed by atoms with Crippen LogP contribution in [0.5, 0.6) is 0 Å². The summed E-state index contributed by atoms with van der Waals surface area (Å²) >= 11 is 0.852. The molecule has 0 aromatic carbocycles. The summed E-state index contributed by atoms with van der Waals surface area (Å²) in [5.41, 5.74) is -1.12. The van der Waals surface area contributed by atoms with Gasteiger partial charge in [-0.1, -0.05) is 37.0 Å². The maximum absolute atomic E-state index is 12.2. The molecular weight excluding hydrogens is 296 g/mol. The van der Waals surface area contributed by atoms with Gasteiger partial charge in [-0.05, 0) is 12.8 Å². The van der Waals surface area contributed by atoms with Gasteiger partial charge in [0.15, 0.2) is 0 Å². The smallest absolute Gasteiger partial charge is 0.329 e. The zero-order valence-electron chi connectivity index (χ0n) is 11.3. The standard InChI is InChI=1S/C13H16N2O5S/c16-11(9-7-10(15(19)20)21-8-9)14-13(12(17)18)5-3-1-2-4-6-13/h7-8H,1-6H2,(H,14,16)(H,17,18). The van der Waals surface area contributed by atoms with Gasteiger partial charge in [0.2, 0.25) is 0 Å². The van der Waals surface area contributed by atoms with Crippen LogP contribution in [0.25, 0.3) is 0 Å². The first kappa shape index (κ1) is 15.4. The topological polar surface area (TPSA) is 110 Å². The van der Waals surface area contributed by atoms with Gasteiger partial charge in [0.05, 0.1) is 10.5 Å². The number of hydrogen-bond acceptors (Lipinski definition) is 5. The molecule has 0 aliphatic heterocycles. The molecular formula is C13H16N2O5S. The normalized spacial score (nSPS) is 17.7. The van der Waals surface area contributed by atoms with Gasteiger partial charge >= 0.3 is 11.0 Å². The predicted molar refractivity (Wildman–Crippen MR) is 76.5 cm³/mol. The molecule has 1 saturated carbocycles. The fraction of sp³-hybridized carbons (Fsp3) is 0.538. The van der Waals surface area contributed by atoms with Crippen LogP contribution in [0, 0.1) is 10.1 Å². The van der Waals surface area contributed by atoms with Crippen LogP contribution in [0.1, 0.15) is 48.9 Å². The molecule has 0 spiro atoms. The molecule has 0 unspecified atom stereocenters. The molecule has 1 aliphatic carbocycles. The summed E-state index contributed by atoms with van der Waals surface area (Å²) in [6, 6.07) is 1.17. The van der Waals surface area contributed by atoms with Gasteiger partial charge in [-0.15, -0.1) is 0 Å². The molecule has 0 saturated heterocycles. The third-order valence-corrected chi connectivity index (χ3v) is 4.63. The highest BCUT2D eigenvalue weighted by Crippen LogP contribution is 2.29. The van der Waals surface area contributed by atoms with Crippen molar-refractivity contribution in [3.63, 3.8) is 0 Å². The zero-order chi connectivity index (χ0) is 15.5.